The van der Waals surface area contributed by atoms with E-state index in [4.69, 9.17) is 4.74 Å². The molecule has 90 valence electrons. The van der Waals surface area contributed by atoms with Gasteiger partial charge in [0.25, 0.3) is 0 Å². The maximum absolute atomic E-state index is 11.4. The van der Waals surface area contributed by atoms with E-state index < -0.39 is 0 Å². The van der Waals surface area contributed by atoms with Crippen molar-refractivity contribution < 1.29 is 9.53 Å². The first-order valence-electron chi connectivity index (χ1n) is 5.61. The smallest absolute Gasteiger partial charge is 0.356 e. The Bertz CT molecular complexity index is 486. The predicted molar refractivity (Wildman–Crippen MR) is 64.1 cm³/mol. The summed E-state index contributed by atoms with van der Waals surface area (Å²) in [6.45, 7) is 4.18. The van der Waals surface area contributed by atoms with Crippen LogP contribution in [0.15, 0.2) is 23.0 Å². The Kier molecular flexibility index (Phi) is 3.37. The van der Waals surface area contributed by atoms with Crippen LogP contribution in [0.2, 0.25) is 0 Å². The SMILES string of the molecule is CCOC(=O)c1cnc(CC2=NC=C(C)C2)[nH]1. The maximum atomic E-state index is 11.4. The Labute approximate surface area is 99.6 Å². The number of carbonyl (C=O) groups is 1. The first-order valence-corrected chi connectivity index (χ1v) is 5.61. The number of allylic oxidation sites excluding steroid dienone is 1. The molecule has 0 aliphatic carbocycles. The summed E-state index contributed by atoms with van der Waals surface area (Å²) in [6, 6.07) is 0. The topological polar surface area (TPSA) is 67.3 Å². The van der Waals surface area contributed by atoms with Crippen LogP contribution >= 0.6 is 0 Å². The predicted octanol–water partition coefficient (Wildman–Crippen LogP) is 1.88. The Hall–Kier alpha value is -1.91. The highest BCUT2D eigenvalue weighted by molar-refractivity contribution is 5.91. The van der Waals surface area contributed by atoms with Crippen LogP contribution in [0, 0.1) is 0 Å². The summed E-state index contributed by atoms with van der Waals surface area (Å²) in [7, 11) is 0. The van der Waals surface area contributed by atoms with Gasteiger partial charge in [0.1, 0.15) is 11.5 Å². The van der Waals surface area contributed by atoms with Gasteiger partial charge in [0.15, 0.2) is 0 Å². The van der Waals surface area contributed by atoms with Crippen LogP contribution in [0.5, 0.6) is 0 Å². The molecular weight excluding hydrogens is 218 g/mol. The molecule has 5 heteroatoms. The number of aliphatic imine (C=N–C) groups is 1. The van der Waals surface area contributed by atoms with Gasteiger partial charge < -0.3 is 9.72 Å². The minimum Gasteiger partial charge on any atom is -0.461 e. The number of esters is 1. The second-order valence-electron chi connectivity index (χ2n) is 3.99. The van der Waals surface area contributed by atoms with Crippen molar-refractivity contribution in [1.29, 1.82) is 0 Å². The molecule has 0 unspecified atom stereocenters. The van der Waals surface area contributed by atoms with E-state index in [1.807, 2.05) is 13.1 Å². The molecule has 0 fully saturated rings. The number of ether oxygens (including phenoxy) is 1. The molecule has 0 radical (unpaired) electrons. The molecule has 1 N–H and O–H groups in total. The number of H-pyrrole nitrogens is 1. The van der Waals surface area contributed by atoms with Crippen molar-refractivity contribution in [3.8, 4) is 0 Å². The van der Waals surface area contributed by atoms with Crippen molar-refractivity contribution in [3.63, 3.8) is 0 Å². The van der Waals surface area contributed by atoms with Crippen LogP contribution in [0.3, 0.4) is 0 Å². The quantitative estimate of drug-likeness (QED) is 0.807. The molecule has 1 aliphatic heterocycles. The molecule has 2 heterocycles. The fraction of sp³-hybridized carbons (Fsp3) is 0.417. The maximum Gasteiger partial charge on any atom is 0.356 e. The molecule has 0 saturated heterocycles. The van der Waals surface area contributed by atoms with Crippen LogP contribution in [0.1, 0.15) is 36.6 Å². The standard InChI is InChI=1S/C12H15N3O2/c1-3-17-12(16)10-7-14-11(15-10)5-9-4-8(2)6-13-9/h6-7H,3-5H2,1-2H3,(H,14,15). The van der Waals surface area contributed by atoms with Crippen molar-refractivity contribution in [2.75, 3.05) is 6.61 Å². The van der Waals surface area contributed by atoms with Gasteiger partial charge in [-0.15, -0.1) is 0 Å². The third kappa shape index (κ3) is 2.81. The number of rotatable bonds is 4. The van der Waals surface area contributed by atoms with E-state index in [-0.39, 0.29) is 5.97 Å². The number of hydrogen-bond acceptors (Lipinski definition) is 4. The summed E-state index contributed by atoms with van der Waals surface area (Å²) in [5, 5.41) is 0. The third-order valence-corrected chi connectivity index (χ3v) is 2.45. The van der Waals surface area contributed by atoms with Crippen LogP contribution in [-0.2, 0) is 11.2 Å². The zero-order chi connectivity index (χ0) is 12.3. The van der Waals surface area contributed by atoms with Crippen molar-refractivity contribution in [1.82, 2.24) is 9.97 Å². The lowest BCUT2D eigenvalue weighted by Crippen LogP contribution is -2.06. The second-order valence-corrected chi connectivity index (χ2v) is 3.99. The van der Waals surface area contributed by atoms with Gasteiger partial charge in [-0.3, -0.25) is 4.99 Å². The molecular formula is C12H15N3O2. The van der Waals surface area contributed by atoms with Crippen LogP contribution in [0.25, 0.3) is 0 Å². The van der Waals surface area contributed by atoms with Crippen molar-refractivity contribution in [2.24, 2.45) is 4.99 Å². The summed E-state index contributed by atoms with van der Waals surface area (Å²) in [4.78, 5) is 22.8. The van der Waals surface area contributed by atoms with Crippen LogP contribution in [0.4, 0.5) is 0 Å². The number of carbonyl (C=O) groups excluding carboxylic acids is 1. The largest absolute Gasteiger partial charge is 0.461 e. The average Bonchev–Trinajstić information content (AvgIpc) is 2.89. The fourth-order valence-electron chi connectivity index (χ4n) is 1.68. The molecule has 0 atom stereocenters. The molecule has 0 saturated carbocycles. The van der Waals surface area contributed by atoms with E-state index in [1.54, 1.807) is 6.92 Å². The van der Waals surface area contributed by atoms with Crippen molar-refractivity contribution in [2.45, 2.75) is 26.7 Å². The average molecular weight is 233 g/mol. The van der Waals surface area contributed by atoms with Gasteiger partial charge in [-0.25, -0.2) is 9.78 Å². The number of nitrogens with zero attached hydrogens (tertiary/aromatic N) is 2. The summed E-state index contributed by atoms with van der Waals surface area (Å²) >= 11 is 0. The van der Waals surface area contributed by atoms with Gasteiger partial charge in [-0.05, 0) is 19.4 Å². The Morgan fingerprint density at radius 1 is 1.59 bits per heavy atom. The van der Waals surface area contributed by atoms with E-state index in [0.717, 1.165) is 18.0 Å². The van der Waals surface area contributed by atoms with Gasteiger partial charge in [-0.1, -0.05) is 0 Å². The Balaban J connectivity index is 1.97. The summed E-state index contributed by atoms with van der Waals surface area (Å²) in [5.41, 5.74) is 2.70. The van der Waals surface area contributed by atoms with Gasteiger partial charge in [0, 0.05) is 24.8 Å². The highest BCUT2D eigenvalue weighted by Gasteiger charge is 2.13. The molecule has 1 aromatic rings. The first kappa shape index (κ1) is 11.6. The van der Waals surface area contributed by atoms with E-state index in [0.29, 0.717) is 18.7 Å². The number of nitrogens with one attached hydrogen (secondary N) is 1. The lowest BCUT2D eigenvalue weighted by atomic mass is 10.1. The number of hydrogen-bond donors (Lipinski definition) is 1. The molecule has 0 spiro atoms. The Morgan fingerprint density at radius 2 is 2.41 bits per heavy atom. The molecule has 0 aromatic carbocycles. The van der Waals surface area contributed by atoms with E-state index >= 15 is 0 Å². The fourth-order valence-corrected chi connectivity index (χ4v) is 1.68. The Morgan fingerprint density at radius 3 is 3.06 bits per heavy atom. The van der Waals surface area contributed by atoms with Gasteiger partial charge in [0.05, 0.1) is 12.8 Å². The molecule has 1 aromatic heterocycles. The zero-order valence-electron chi connectivity index (χ0n) is 9.99. The summed E-state index contributed by atoms with van der Waals surface area (Å²) in [5.74, 6) is 0.379. The first-order chi connectivity index (χ1) is 8.19. The van der Waals surface area contributed by atoms with Crippen molar-refractivity contribution >= 4 is 11.7 Å². The zero-order valence-corrected chi connectivity index (χ0v) is 9.99. The van der Waals surface area contributed by atoms with Crippen molar-refractivity contribution in [3.05, 3.63) is 29.5 Å². The second kappa shape index (κ2) is 4.95. The normalized spacial score (nSPS) is 14.5. The van der Waals surface area contributed by atoms with Crippen LogP contribution < -0.4 is 0 Å². The van der Waals surface area contributed by atoms with E-state index in [2.05, 4.69) is 15.0 Å². The van der Waals surface area contributed by atoms with E-state index in [1.165, 1.54) is 11.8 Å². The third-order valence-electron chi connectivity index (χ3n) is 2.45. The van der Waals surface area contributed by atoms with Crippen LogP contribution in [-0.4, -0.2) is 28.3 Å². The minimum atomic E-state index is -0.367. The minimum absolute atomic E-state index is 0.364. The lowest BCUT2D eigenvalue weighted by Gasteiger charge is -1.98. The van der Waals surface area contributed by atoms with Gasteiger partial charge in [-0.2, -0.15) is 0 Å². The van der Waals surface area contributed by atoms with E-state index in [9.17, 15) is 4.79 Å². The van der Waals surface area contributed by atoms with Gasteiger partial charge >= 0.3 is 5.97 Å². The number of aromatic nitrogens is 2. The van der Waals surface area contributed by atoms with Gasteiger partial charge in [0.2, 0.25) is 0 Å². The highest BCUT2D eigenvalue weighted by Crippen LogP contribution is 2.13. The number of aromatic amines is 1. The molecule has 2 rings (SSSR count). The monoisotopic (exact) mass is 233 g/mol. The number of imidazole rings is 1. The lowest BCUT2D eigenvalue weighted by molar-refractivity contribution is 0.0520. The summed E-state index contributed by atoms with van der Waals surface area (Å²) < 4.78 is 4.88. The summed E-state index contributed by atoms with van der Waals surface area (Å²) in [6.07, 6.45) is 4.90. The molecule has 1 aliphatic rings. The highest BCUT2D eigenvalue weighted by atomic mass is 16.5. The molecule has 5 nitrogen and oxygen atoms in total. The molecule has 17 heavy (non-hydrogen) atoms. The molecule has 0 amide bonds. The molecule has 0 bridgehead atoms.